The second kappa shape index (κ2) is 6.83. The number of nitrogens with one attached hydrogen (secondary N) is 1. The monoisotopic (exact) mass is 349 g/mol. The van der Waals surface area contributed by atoms with Crippen LogP contribution in [0.3, 0.4) is 0 Å². The van der Waals surface area contributed by atoms with Crippen molar-refractivity contribution in [2.75, 3.05) is 13.7 Å². The van der Waals surface area contributed by atoms with Crippen LogP contribution in [0.15, 0.2) is 27.6 Å². The molecule has 6 heteroatoms. The quantitative estimate of drug-likeness (QED) is 0.858. The average Bonchev–Trinajstić information content (AvgIpc) is 2.31. The Bertz CT molecular complexity index is 529. The van der Waals surface area contributed by atoms with Crippen LogP contribution in [0.1, 0.15) is 19.4 Å². The lowest BCUT2D eigenvalue weighted by Crippen LogP contribution is -2.41. The number of methoxy groups -OCH3 is 1. The van der Waals surface area contributed by atoms with E-state index < -0.39 is 10.0 Å². The Morgan fingerprint density at radius 1 is 1.37 bits per heavy atom. The van der Waals surface area contributed by atoms with E-state index in [1.807, 2.05) is 19.9 Å². The summed E-state index contributed by atoms with van der Waals surface area (Å²) < 4.78 is 33.3. The molecule has 1 unspecified atom stereocenters. The highest BCUT2D eigenvalue weighted by molar-refractivity contribution is 9.10. The summed E-state index contributed by atoms with van der Waals surface area (Å²) in [6.07, 6.45) is 0. The van der Waals surface area contributed by atoms with E-state index in [0.29, 0.717) is 11.5 Å². The van der Waals surface area contributed by atoms with Crippen LogP contribution in [0, 0.1) is 12.8 Å². The van der Waals surface area contributed by atoms with Crippen LogP contribution in [0.25, 0.3) is 0 Å². The zero-order valence-electron chi connectivity index (χ0n) is 11.6. The summed E-state index contributed by atoms with van der Waals surface area (Å²) in [7, 11) is -1.98. The van der Waals surface area contributed by atoms with E-state index in [1.165, 1.54) is 0 Å². The molecule has 0 aliphatic rings. The van der Waals surface area contributed by atoms with Gasteiger partial charge in [-0.2, -0.15) is 0 Å². The van der Waals surface area contributed by atoms with Crippen LogP contribution in [0.2, 0.25) is 0 Å². The van der Waals surface area contributed by atoms with Gasteiger partial charge in [-0.15, -0.1) is 0 Å². The molecular weight excluding hydrogens is 330 g/mol. The van der Waals surface area contributed by atoms with Crippen molar-refractivity contribution >= 4 is 26.0 Å². The van der Waals surface area contributed by atoms with Gasteiger partial charge in [0.15, 0.2) is 0 Å². The number of rotatable bonds is 6. The first kappa shape index (κ1) is 16.6. The Kier molecular flexibility index (Phi) is 5.98. The Balaban J connectivity index is 3.06. The highest BCUT2D eigenvalue weighted by Gasteiger charge is 2.23. The Labute approximate surface area is 123 Å². The predicted molar refractivity (Wildman–Crippen MR) is 79.7 cm³/mol. The zero-order valence-corrected chi connectivity index (χ0v) is 14.0. The van der Waals surface area contributed by atoms with Crippen molar-refractivity contribution in [3.8, 4) is 0 Å². The first-order valence-electron chi connectivity index (χ1n) is 6.05. The molecule has 0 saturated carbocycles. The number of aryl methyl sites for hydroxylation is 1. The van der Waals surface area contributed by atoms with Gasteiger partial charge in [0, 0.05) is 17.6 Å². The molecule has 19 heavy (non-hydrogen) atoms. The molecule has 4 nitrogen and oxygen atoms in total. The standard InChI is InChI=1S/C13H20BrNO3S/c1-9(2)12(8-18-4)15-19(16,17)13-7-11(14)6-5-10(13)3/h5-7,9,12,15H,8H2,1-4H3. The molecular formula is C13H20BrNO3S. The lowest BCUT2D eigenvalue weighted by atomic mass is 10.1. The van der Waals surface area contributed by atoms with Crippen LogP contribution >= 0.6 is 15.9 Å². The molecule has 1 aromatic rings. The predicted octanol–water partition coefficient (Wildman–Crippen LogP) is 2.71. The van der Waals surface area contributed by atoms with Crippen LogP contribution in [-0.2, 0) is 14.8 Å². The molecule has 0 aliphatic carbocycles. The van der Waals surface area contributed by atoms with Gasteiger partial charge in [0.1, 0.15) is 0 Å². The minimum atomic E-state index is -3.54. The highest BCUT2D eigenvalue weighted by atomic mass is 79.9. The van der Waals surface area contributed by atoms with Gasteiger partial charge >= 0.3 is 0 Å². The van der Waals surface area contributed by atoms with E-state index in [4.69, 9.17) is 4.74 Å². The first-order valence-corrected chi connectivity index (χ1v) is 8.33. The Morgan fingerprint density at radius 3 is 2.53 bits per heavy atom. The second-order valence-electron chi connectivity index (χ2n) is 4.84. The van der Waals surface area contributed by atoms with Gasteiger partial charge in [0.25, 0.3) is 0 Å². The topological polar surface area (TPSA) is 55.4 Å². The van der Waals surface area contributed by atoms with E-state index in [2.05, 4.69) is 20.7 Å². The van der Waals surface area contributed by atoms with Crippen molar-refractivity contribution in [3.05, 3.63) is 28.2 Å². The number of hydrogen-bond donors (Lipinski definition) is 1. The summed E-state index contributed by atoms with van der Waals surface area (Å²) in [6, 6.07) is 4.97. The van der Waals surface area contributed by atoms with Crippen molar-refractivity contribution in [1.29, 1.82) is 0 Å². The van der Waals surface area contributed by atoms with Gasteiger partial charge in [0.2, 0.25) is 10.0 Å². The number of hydrogen-bond acceptors (Lipinski definition) is 3. The Morgan fingerprint density at radius 2 is 2.00 bits per heavy atom. The maximum Gasteiger partial charge on any atom is 0.241 e. The molecule has 1 aromatic carbocycles. The molecule has 0 bridgehead atoms. The number of halogens is 1. The molecule has 0 heterocycles. The van der Waals surface area contributed by atoms with Gasteiger partial charge in [0.05, 0.1) is 11.5 Å². The van der Waals surface area contributed by atoms with Gasteiger partial charge in [-0.3, -0.25) is 0 Å². The summed E-state index contributed by atoms with van der Waals surface area (Å²) in [4.78, 5) is 0.295. The molecule has 0 amide bonds. The summed E-state index contributed by atoms with van der Waals surface area (Å²) >= 11 is 3.30. The van der Waals surface area contributed by atoms with E-state index in [9.17, 15) is 8.42 Å². The largest absolute Gasteiger partial charge is 0.383 e. The van der Waals surface area contributed by atoms with Crippen molar-refractivity contribution < 1.29 is 13.2 Å². The average molecular weight is 350 g/mol. The normalized spacial score (nSPS) is 13.8. The highest BCUT2D eigenvalue weighted by Crippen LogP contribution is 2.21. The number of ether oxygens (including phenoxy) is 1. The lowest BCUT2D eigenvalue weighted by Gasteiger charge is -2.22. The van der Waals surface area contributed by atoms with Gasteiger partial charge in [-0.25, -0.2) is 13.1 Å². The molecule has 0 aromatic heterocycles. The smallest absolute Gasteiger partial charge is 0.241 e. The fourth-order valence-electron chi connectivity index (χ4n) is 1.67. The van der Waals surface area contributed by atoms with E-state index in [0.717, 1.165) is 10.0 Å². The van der Waals surface area contributed by atoms with Crippen molar-refractivity contribution in [2.45, 2.75) is 31.7 Å². The van der Waals surface area contributed by atoms with E-state index in [-0.39, 0.29) is 12.0 Å². The van der Waals surface area contributed by atoms with Crippen molar-refractivity contribution in [1.82, 2.24) is 4.72 Å². The third-order valence-electron chi connectivity index (χ3n) is 2.90. The number of sulfonamides is 1. The summed E-state index contributed by atoms with van der Waals surface area (Å²) in [5.41, 5.74) is 0.718. The van der Waals surface area contributed by atoms with Gasteiger partial charge in [-0.05, 0) is 30.5 Å². The maximum absolute atomic E-state index is 12.4. The molecule has 108 valence electrons. The second-order valence-corrected chi connectivity index (χ2v) is 7.44. The van der Waals surface area contributed by atoms with Crippen LogP contribution in [0.5, 0.6) is 0 Å². The molecule has 0 spiro atoms. The van der Waals surface area contributed by atoms with E-state index >= 15 is 0 Å². The van der Waals surface area contributed by atoms with E-state index in [1.54, 1.807) is 26.2 Å². The zero-order chi connectivity index (χ0) is 14.6. The minimum absolute atomic E-state index is 0.155. The fraction of sp³-hybridized carbons (Fsp3) is 0.538. The third kappa shape index (κ3) is 4.56. The van der Waals surface area contributed by atoms with Crippen molar-refractivity contribution in [2.24, 2.45) is 5.92 Å². The maximum atomic E-state index is 12.4. The number of benzene rings is 1. The molecule has 0 radical (unpaired) electrons. The SMILES string of the molecule is COCC(NS(=O)(=O)c1cc(Br)ccc1C)C(C)C. The first-order chi connectivity index (χ1) is 8.77. The van der Waals surface area contributed by atoms with Gasteiger partial charge in [-0.1, -0.05) is 35.8 Å². The molecule has 0 aliphatic heterocycles. The molecule has 1 N–H and O–H groups in total. The molecule has 0 saturated heterocycles. The summed E-state index contributed by atoms with van der Waals surface area (Å²) in [6.45, 7) is 6.05. The van der Waals surface area contributed by atoms with Crippen LogP contribution in [-0.4, -0.2) is 28.2 Å². The molecule has 1 atom stereocenters. The lowest BCUT2D eigenvalue weighted by molar-refractivity contribution is 0.157. The van der Waals surface area contributed by atoms with Crippen molar-refractivity contribution in [3.63, 3.8) is 0 Å². The minimum Gasteiger partial charge on any atom is -0.383 e. The molecule has 0 fully saturated rings. The summed E-state index contributed by atoms with van der Waals surface area (Å²) in [5, 5.41) is 0. The Hall–Kier alpha value is -0.430. The van der Waals surface area contributed by atoms with Crippen LogP contribution < -0.4 is 4.72 Å². The van der Waals surface area contributed by atoms with Crippen LogP contribution in [0.4, 0.5) is 0 Å². The van der Waals surface area contributed by atoms with Gasteiger partial charge < -0.3 is 4.74 Å². The summed E-state index contributed by atoms with van der Waals surface area (Å²) in [5.74, 6) is 0.155. The molecule has 1 rings (SSSR count). The third-order valence-corrected chi connectivity index (χ3v) is 5.02. The fourth-order valence-corrected chi connectivity index (χ4v) is 3.82.